The Balaban J connectivity index is 2.31. The van der Waals surface area contributed by atoms with Gasteiger partial charge in [-0.05, 0) is 53.3 Å². The number of carbonyl (C=O) groups is 1. The van der Waals surface area contributed by atoms with Crippen LogP contribution in [-0.2, 0) is 0 Å². The van der Waals surface area contributed by atoms with E-state index >= 15 is 0 Å². The van der Waals surface area contributed by atoms with Crippen LogP contribution in [0.15, 0.2) is 36.4 Å². The number of carbonyl (C=O) groups excluding carboxylic acids is 1. The molecule has 0 atom stereocenters. The van der Waals surface area contributed by atoms with Crippen LogP contribution in [0, 0.1) is 22.1 Å². The van der Waals surface area contributed by atoms with E-state index in [-0.39, 0.29) is 5.69 Å². The smallest absolute Gasteiger partial charge is 0.256 e. The van der Waals surface area contributed by atoms with E-state index in [9.17, 15) is 13.6 Å². The van der Waals surface area contributed by atoms with E-state index in [4.69, 9.17) is 0 Å². The molecule has 0 saturated heterocycles. The van der Waals surface area contributed by atoms with Crippen molar-refractivity contribution in [3.63, 3.8) is 0 Å². The Morgan fingerprint density at radius 1 is 1.16 bits per heavy atom. The molecule has 0 aromatic heterocycles. The molecule has 2 aromatic carbocycles. The molecule has 5 heteroatoms. The van der Waals surface area contributed by atoms with Gasteiger partial charge < -0.3 is 5.32 Å². The lowest BCUT2D eigenvalue weighted by atomic mass is 10.1. The van der Waals surface area contributed by atoms with Crippen molar-refractivity contribution in [1.29, 1.82) is 0 Å². The molecule has 0 aliphatic heterocycles. The number of rotatable bonds is 2. The summed E-state index contributed by atoms with van der Waals surface area (Å²) in [5.74, 6) is -2.51. The molecule has 0 radical (unpaired) electrons. The summed E-state index contributed by atoms with van der Waals surface area (Å²) in [6.45, 7) is 1.88. The van der Waals surface area contributed by atoms with Gasteiger partial charge in [0.25, 0.3) is 5.91 Å². The largest absolute Gasteiger partial charge is 0.319 e. The second kappa shape index (κ2) is 5.64. The quantitative estimate of drug-likeness (QED) is 0.789. The van der Waals surface area contributed by atoms with Gasteiger partial charge in [0, 0.05) is 3.57 Å². The maximum atomic E-state index is 13.5. The molecule has 0 saturated carbocycles. The van der Waals surface area contributed by atoms with Gasteiger partial charge in [0.15, 0.2) is 11.6 Å². The van der Waals surface area contributed by atoms with Crippen LogP contribution >= 0.6 is 22.6 Å². The van der Waals surface area contributed by atoms with Gasteiger partial charge in [-0.15, -0.1) is 0 Å². The Morgan fingerprint density at radius 2 is 1.84 bits per heavy atom. The Hall–Kier alpha value is -1.50. The van der Waals surface area contributed by atoms with Crippen LogP contribution in [0.1, 0.15) is 15.9 Å². The van der Waals surface area contributed by atoms with Crippen molar-refractivity contribution in [3.8, 4) is 0 Å². The highest BCUT2D eigenvalue weighted by molar-refractivity contribution is 14.1. The number of hydrogen-bond acceptors (Lipinski definition) is 1. The van der Waals surface area contributed by atoms with E-state index in [1.54, 1.807) is 12.1 Å². The maximum absolute atomic E-state index is 13.5. The van der Waals surface area contributed by atoms with Crippen LogP contribution in [0.3, 0.4) is 0 Å². The van der Waals surface area contributed by atoms with E-state index in [0.29, 0.717) is 5.56 Å². The standard InChI is InChI=1S/C14H10F2INO/c1-8-4-2-5-9(13(8)17)14(19)18-11-7-3-6-10(15)12(11)16/h2-7H,1H3,(H,18,19). The number of anilines is 1. The summed E-state index contributed by atoms with van der Waals surface area (Å²) in [6, 6.07) is 8.92. The molecule has 1 amide bonds. The molecule has 0 aliphatic rings. The van der Waals surface area contributed by atoms with Crippen LogP contribution in [0.5, 0.6) is 0 Å². The second-order valence-corrected chi connectivity index (χ2v) is 5.07. The fraction of sp³-hybridized carbons (Fsp3) is 0.0714. The predicted octanol–water partition coefficient (Wildman–Crippen LogP) is 4.13. The van der Waals surface area contributed by atoms with E-state index < -0.39 is 17.5 Å². The minimum absolute atomic E-state index is 0.165. The first-order chi connectivity index (χ1) is 9.00. The van der Waals surface area contributed by atoms with Gasteiger partial charge in [0.05, 0.1) is 11.3 Å². The first kappa shape index (κ1) is 13.9. The number of nitrogens with one attached hydrogen (secondary N) is 1. The highest BCUT2D eigenvalue weighted by Crippen LogP contribution is 2.20. The Labute approximate surface area is 123 Å². The van der Waals surface area contributed by atoms with Crippen molar-refractivity contribution >= 4 is 34.2 Å². The third-order valence-electron chi connectivity index (χ3n) is 2.64. The molecule has 2 nitrogen and oxygen atoms in total. The first-order valence-corrected chi connectivity index (χ1v) is 6.59. The SMILES string of the molecule is Cc1cccc(C(=O)Nc2cccc(F)c2F)c1I. The molecule has 0 spiro atoms. The van der Waals surface area contributed by atoms with Crippen LogP contribution in [0.4, 0.5) is 14.5 Å². The number of hydrogen-bond donors (Lipinski definition) is 1. The number of benzene rings is 2. The fourth-order valence-corrected chi connectivity index (χ4v) is 2.22. The molecule has 98 valence electrons. The molecule has 2 rings (SSSR count). The van der Waals surface area contributed by atoms with Crippen molar-refractivity contribution in [3.05, 3.63) is 62.7 Å². The molecular weight excluding hydrogens is 363 g/mol. The Morgan fingerprint density at radius 3 is 2.58 bits per heavy atom. The molecule has 0 fully saturated rings. The van der Waals surface area contributed by atoms with Gasteiger partial charge in [-0.25, -0.2) is 8.78 Å². The molecule has 1 N–H and O–H groups in total. The summed E-state index contributed by atoms with van der Waals surface area (Å²) in [5.41, 5.74) is 1.22. The van der Waals surface area contributed by atoms with Crippen LogP contribution in [0.25, 0.3) is 0 Å². The fourth-order valence-electron chi connectivity index (χ4n) is 1.61. The van der Waals surface area contributed by atoms with E-state index in [1.807, 2.05) is 35.6 Å². The van der Waals surface area contributed by atoms with Crippen molar-refractivity contribution in [2.24, 2.45) is 0 Å². The Kier molecular flexibility index (Phi) is 4.14. The van der Waals surface area contributed by atoms with Crippen molar-refractivity contribution in [2.45, 2.75) is 6.92 Å². The van der Waals surface area contributed by atoms with Crippen LogP contribution < -0.4 is 5.32 Å². The lowest BCUT2D eigenvalue weighted by Crippen LogP contribution is -2.15. The molecule has 2 aromatic rings. The summed E-state index contributed by atoms with van der Waals surface area (Å²) in [6.07, 6.45) is 0. The van der Waals surface area contributed by atoms with Gasteiger partial charge in [-0.3, -0.25) is 4.79 Å². The van der Waals surface area contributed by atoms with Crippen molar-refractivity contribution < 1.29 is 13.6 Å². The summed E-state index contributed by atoms with van der Waals surface area (Å²) in [5, 5.41) is 2.38. The maximum Gasteiger partial charge on any atom is 0.256 e. The third-order valence-corrected chi connectivity index (χ3v) is 4.07. The topological polar surface area (TPSA) is 29.1 Å². The molecule has 19 heavy (non-hydrogen) atoms. The Bertz CT molecular complexity index is 643. The summed E-state index contributed by atoms with van der Waals surface area (Å²) < 4.78 is 27.3. The zero-order valence-corrected chi connectivity index (χ0v) is 12.2. The average Bonchev–Trinajstić information content (AvgIpc) is 2.38. The molecule has 0 heterocycles. The second-order valence-electron chi connectivity index (χ2n) is 3.99. The average molecular weight is 373 g/mol. The zero-order chi connectivity index (χ0) is 14.0. The minimum atomic E-state index is -1.06. The number of amides is 1. The van der Waals surface area contributed by atoms with Crippen LogP contribution in [0.2, 0.25) is 0 Å². The van der Waals surface area contributed by atoms with Crippen molar-refractivity contribution in [1.82, 2.24) is 0 Å². The van der Waals surface area contributed by atoms with Gasteiger partial charge in [-0.1, -0.05) is 18.2 Å². The number of aryl methyl sites for hydroxylation is 1. The summed E-state index contributed by atoms with van der Waals surface area (Å²) in [4.78, 5) is 12.0. The van der Waals surface area contributed by atoms with E-state index in [2.05, 4.69) is 5.32 Å². The van der Waals surface area contributed by atoms with E-state index in [0.717, 1.165) is 15.2 Å². The van der Waals surface area contributed by atoms with Gasteiger partial charge in [0.1, 0.15) is 0 Å². The monoisotopic (exact) mass is 373 g/mol. The normalized spacial score (nSPS) is 10.3. The molecule has 0 unspecified atom stereocenters. The highest BCUT2D eigenvalue weighted by atomic mass is 127. The highest BCUT2D eigenvalue weighted by Gasteiger charge is 2.14. The lowest BCUT2D eigenvalue weighted by molar-refractivity contribution is 0.102. The first-order valence-electron chi connectivity index (χ1n) is 5.51. The van der Waals surface area contributed by atoms with Crippen LogP contribution in [-0.4, -0.2) is 5.91 Å². The predicted molar refractivity (Wildman–Crippen MR) is 78.2 cm³/mol. The lowest BCUT2D eigenvalue weighted by Gasteiger charge is -2.09. The zero-order valence-electron chi connectivity index (χ0n) is 10.0. The summed E-state index contributed by atoms with van der Waals surface area (Å²) >= 11 is 2.05. The minimum Gasteiger partial charge on any atom is -0.319 e. The van der Waals surface area contributed by atoms with Gasteiger partial charge >= 0.3 is 0 Å². The third kappa shape index (κ3) is 2.91. The van der Waals surface area contributed by atoms with Gasteiger partial charge in [-0.2, -0.15) is 0 Å². The molecule has 0 aliphatic carbocycles. The van der Waals surface area contributed by atoms with Crippen molar-refractivity contribution in [2.75, 3.05) is 5.32 Å². The summed E-state index contributed by atoms with van der Waals surface area (Å²) in [7, 11) is 0. The molecule has 0 bridgehead atoms. The number of halogens is 3. The van der Waals surface area contributed by atoms with Gasteiger partial charge in [0.2, 0.25) is 0 Å². The van der Waals surface area contributed by atoms with E-state index in [1.165, 1.54) is 12.1 Å². The molecular formula is C14H10F2INO.